The van der Waals surface area contributed by atoms with Crippen molar-refractivity contribution in [2.24, 2.45) is 22.2 Å². The van der Waals surface area contributed by atoms with E-state index in [1.54, 1.807) is 12.2 Å². The second kappa shape index (κ2) is 8.49. The molecule has 0 aromatic rings. The zero-order chi connectivity index (χ0) is 22.1. The van der Waals surface area contributed by atoms with Gasteiger partial charge in [0.1, 0.15) is 0 Å². The maximum Gasteiger partial charge on any atom is 0.178 e. The van der Waals surface area contributed by atoms with Crippen LogP contribution < -0.4 is 0 Å². The number of carbonyl (C=O) groups is 1. The van der Waals surface area contributed by atoms with Gasteiger partial charge in [-0.2, -0.15) is 0 Å². The van der Waals surface area contributed by atoms with Crippen molar-refractivity contribution in [3.63, 3.8) is 0 Å². The lowest BCUT2D eigenvalue weighted by atomic mass is 9.60. The highest BCUT2D eigenvalue weighted by atomic mass is 16.3. The lowest BCUT2D eigenvalue weighted by Crippen LogP contribution is -2.46. The van der Waals surface area contributed by atoms with Crippen LogP contribution in [0.4, 0.5) is 0 Å². The molecule has 1 unspecified atom stereocenters. The highest BCUT2D eigenvalue weighted by Gasteiger charge is 2.56. The zero-order valence-electron chi connectivity index (χ0n) is 18.9. The van der Waals surface area contributed by atoms with Gasteiger partial charge in [-0.15, -0.1) is 0 Å². The highest BCUT2D eigenvalue weighted by molar-refractivity contribution is 6.01. The molecule has 0 heterocycles. The largest absolute Gasteiger partial charge is 0.396 e. The Morgan fingerprint density at radius 2 is 1.97 bits per heavy atom. The molecule has 0 aliphatic heterocycles. The summed E-state index contributed by atoms with van der Waals surface area (Å²) in [7, 11) is 0. The number of hydrogen-bond donors (Lipinski definition) is 3. The molecule has 1 saturated carbocycles. The minimum absolute atomic E-state index is 0.0131. The van der Waals surface area contributed by atoms with Crippen LogP contribution in [0.5, 0.6) is 0 Å². The summed E-state index contributed by atoms with van der Waals surface area (Å²) in [6, 6.07) is 0. The topological polar surface area (TPSA) is 77.8 Å². The van der Waals surface area contributed by atoms with Crippen LogP contribution in [0.2, 0.25) is 0 Å². The third kappa shape index (κ3) is 3.92. The average Bonchev–Trinajstić information content (AvgIpc) is 2.96. The first-order valence-corrected chi connectivity index (χ1v) is 11.0. The minimum Gasteiger partial charge on any atom is -0.396 e. The SMILES string of the molecule is C=C(CO)C1(O)CC[C@@H](CCCC2=CC(=O)C=C[C@]2(C)C(C)(C)CO)[C@]1(C)CC. The first kappa shape index (κ1) is 24.0. The number of aliphatic hydroxyl groups is 3. The summed E-state index contributed by atoms with van der Waals surface area (Å²) >= 11 is 0. The van der Waals surface area contributed by atoms with Gasteiger partial charge in [0.25, 0.3) is 0 Å². The monoisotopic (exact) mass is 404 g/mol. The van der Waals surface area contributed by atoms with Gasteiger partial charge < -0.3 is 15.3 Å². The molecule has 164 valence electrons. The molecule has 3 N–H and O–H groups in total. The number of rotatable bonds is 9. The fourth-order valence-electron chi connectivity index (χ4n) is 5.50. The summed E-state index contributed by atoms with van der Waals surface area (Å²) in [5.74, 6) is 0.354. The molecule has 29 heavy (non-hydrogen) atoms. The molecule has 4 nitrogen and oxygen atoms in total. The van der Waals surface area contributed by atoms with Crippen LogP contribution in [-0.4, -0.2) is 39.9 Å². The van der Waals surface area contributed by atoms with Gasteiger partial charge in [-0.05, 0) is 62.2 Å². The van der Waals surface area contributed by atoms with E-state index in [9.17, 15) is 20.1 Å². The van der Waals surface area contributed by atoms with Crippen LogP contribution in [-0.2, 0) is 4.79 Å². The van der Waals surface area contributed by atoms with Gasteiger partial charge in [-0.3, -0.25) is 4.79 Å². The maximum atomic E-state index is 12.0. The normalized spacial score (nSPS) is 35.1. The van der Waals surface area contributed by atoms with E-state index in [4.69, 9.17) is 0 Å². The van der Waals surface area contributed by atoms with Gasteiger partial charge in [-0.1, -0.05) is 52.8 Å². The van der Waals surface area contributed by atoms with Crippen molar-refractivity contribution in [1.29, 1.82) is 0 Å². The number of ketones is 1. The Balaban J connectivity index is 2.14. The quantitative estimate of drug-likeness (QED) is 0.499. The van der Waals surface area contributed by atoms with Crippen molar-refractivity contribution in [3.05, 3.63) is 36.0 Å². The Morgan fingerprint density at radius 3 is 2.52 bits per heavy atom. The van der Waals surface area contributed by atoms with Crippen LogP contribution in [0, 0.1) is 22.2 Å². The molecule has 2 rings (SSSR count). The summed E-state index contributed by atoms with van der Waals surface area (Å²) in [5.41, 5.74) is -0.442. The molecule has 4 atom stereocenters. The third-order valence-corrected chi connectivity index (χ3v) is 8.58. The molecule has 2 aliphatic rings. The highest BCUT2D eigenvalue weighted by Crippen LogP contribution is 2.57. The van der Waals surface area contributed by atoms with Crippen LogP contribution >= 0.6 is 0 Å². The summed E-state index contributed by atoms with van der Waals surface area (Å²) in [5, 5.41) is 30.8. The third-order valence-electron chi connectivity index (χ3n) is 8.58. The Kier molecular flexibility index (Phi) is 7.04. The van der Waals surface area contributed by atoms with Gasteiger partial charge in [0.15, 0.2) is 5.78 Å². The van der Waals surface area contributed by atoms with Crippen LogP contribution in [0.1, 0.15) is 73.1 Å². The zero-order valence-corrected chi connectivity index (χ0v) is 18.9. The first-order valence-electron chi connectivity index (χ1n) is 11.0. The predicted octanol–water partition coefficient (Wildman–Crippen LogP) is 4.35. The molecule has 0 aromatic heterocycles. The fourth-order valence-corrected chi connectivity index (χ4v) is 5.50. The Labute approximate surface area is 176 Å². The number of carbonyl (C=O) groups excluding carboxylic acids is 1. The molecule has 0 amide bonds. The average molecular weight is 405 g/mol. The summed E-state index contributed by atoms with van der Waals surface area (Å²) in [4.78, 5) is 12.0. The first-order chi connectivity index (χ1) is 13.4. The molecule has 4 heteroatoms. The van der Waals surface area contributed by atoms with Crippen LogP contribution in [0.3, 0.4) is 0 Å². The number of hydrogen-bond acceptors (Lipinski definition) is 4. The second-order valence-electron chi connectivity index (χ2n) is 10.2. The Bertz CT molecular complexity index is 704. The van der Waals surface area contributed by atoms with Crippen molar-refractivity contribution in [3.8, 4) is 0 Å². The lowest BCUT2D eigenvalue weighted by Gasteiger charge is -2.45. The number of aliphatic hydroxyl groups excluding tert-OH is 2. The van der Waals surface area contributed by atoms with Crippen molar-refractivity contribution in [2.45, 2.75) is 78.7 Å². The van der Waals surface area contributed by atoms with Crippen molar-refractivity contribution in [1.82, 2.24) is 0 Å². The number of allylic oxidation sites excluding steroid dienone is 4. The summed E-state index contributed by atoms with van der Waals surface area (Å²) in [6.45, 7) is 14.2. The van der Waals surface area contributed by atoms with E-state index in [2.05, 4.69) is 27.4 Å². The molecule has 0 radical (unpaired) electrons. The Hall–Kier alpha value is -1.23. The van der Waals surface area contributed by atoms with Gasteiger partial charge in [0, 0.05) is 22.9 Å². The standard InChI is InChI=1S/C25H40O4/c1-7-23(5)19(11-14-25(23,29)18(2)16-26)9-8-10-20-15-21(28)12-13-24(20,6)22(3,4)17-27/h12-13,15,19,26-27,29H,2,7-11,14,16-17H2,1,3-6H3/t19-,23+,24+,25?/m1/s1. The predicted molar refractivity (Wildman–Crippen MR) is 117 cm³/mol. The van der Waals surface area contributed by atoms with E-state index in [-0.39, 0.29) is 35.2 Å². The second-order valence-corrected chi connectivity index (χ2v) is 10.2. The molecular formula is C25H40O4. The van der Waals surface area contributed by atoms with E-state index in [0.29, 0.717) is 17.9 Å². The lowest BCUT2D eigenvalue weighted by molar-refractivity contribution is -0.110. The Morgan fingerprint density at radius 1 is 1.31 bits per heavy atom. The van der Waals surface area contributed by atoms with Crippen molar-refractivity contribution in [2.75, 3.05) is 13.2 Å². The molecule has 0 spiro atoms. The van der Waals surface area contributed by atoms with Crippen molar-refractivity contribution >= 4 is 5.78 Å². The van der Waals surface area contributed by atoms with E-state index < -0.39 is 5.60 Å². The minimum atomic E-state index is -1.02. The smallest absolute Gasteiger partial charge is 0.178 e. The van der Waals surface area contributed by atoms with Crippen molar-refractivity contribution < 1.29 is 20.1 Å². The van der Waals surface area contributed by atoms with E-state index in [1.807, 2.05) is 19.9 Å². The van der Waals surface area contributed by atoms with Gasteiger partial charge in [0.05, 0.1) is 12.2 Å². The van der Waals surface area contributed by atoms with E-state index in [0.717, 1.165) is 37.7 Å². The molecular weight excluding hydrogens is 364 g/mol. The van der Waals surface area contributed by atoms with E-state index >= 15 is 0 Å². The van der Waals surface area contributed by atoms with Crippen LogP contribution in [0.25, 0.3) is 0 Å². The van der Waals surface area contributed by atoms with E-state index in [1.165, 1.54) is 0 Å². The summed E-state index contributed by atoms with van der Waals surface area (Å²) in [6.07, 6.45) is 10.4. The fraction of sp³-hybridized carbons (Fsp3) is 0.720. The molecule has 0 aromatic carbocycles. The summed E-state index contributed by atoms with van der Waals surface area (Å²) < 4.78 is 0. The maximum absolute atomic E-state index is 12.0. The van der Waals surface area contributed by atoms with Gasteiger partial charge in [-0.25, -0.2) is 0 Å². The van der Waals surface area contributed by atoms with Crippen LogP contribution in [0.15, 0.2) is 36.0 Å². The molecule has 2 aliphatic carbocycles. The van der Waals surface area contributed by atoms with Gasteiger partial charge in [0.2, 0.25) is 0 Å². The molecule has 0 bridgehead atoms. The molecule has 1 fully saturated rings. The van der Waals surface area contributed by atoms with Gasteiger partial charge >= 0.3 is 0 Å². The molecule has 0 saturated heterocycles.